The molecule has 9 nitrogen and oxygen atoms in total. The molecule has 1 fully saturated rings. The minimum atomic E-state index is -0.507. The Bertz CT molecular complexity index is 850. The van der Waals surface area contributed by atoms with Crippen LogP contribution in [0.15, 0.2) is 42.5 Å². The normalized spacial score (nSPS) is 13.6. The van der Waals surface area contributed by atoms with Gasteiger partial charge in [0.1, 0.15) is 18.1 Å². The number of carbonyl (C=O) groups is 1. The lowest BCUT2D eigenvalue weighted by atomic mass is 10.1. The van der Waals surface area contributed by atoms with Crippen molar-refractivity contribution in [3.05, 3.63) is 58.1 Å². The van der Waals surface area contributed by atoms with Gasteiger partial charge in [-0.15, -0.1) is 0 Å². The van der Waals surface area contributed by atoms with Crippen LogP contribution < -0.4 is 19.7 Å². The van der Waals surface area contributed by atoms with E-state index in [1.54, 1.807) is 37.4 Å². The molecule has 154 valence electrons. The fourth-order valence-electron chi connectivity index (χ4n) is 3.00. The zero-order valence-corrected chi connectivity index (χ0v) is 16.1. The van der Waals surface area contributed by atoms with Crippen molar-refractivity contribution >= 4 is 17.3 Å². The lowest BCUT2D eigenvalue weighted by Crippen LogP contribution is -2.38. The lowest BCUT2D eigenvalue weighted by Gasteiger charge is -2.30. The van der Waals surface area contributed by atoms with Gasteiger partial charge in [-0.25, -0.2) is 0 Å². The van der Waals surface area contributed by atoms with E-state index >= 15 is 0 Å². The van der Waals surface area contributed by atoms with E-state index < -0.39 is 4.92 Å². The average molecular weight is 401 g/mol. The van der Waals surface area contributed by atoms with Gasteiger partial charge >= 0.3 is 0 Å². The third-order valence-electron chi connectivity index (χ3n) is 4.50. The molecule has 1 saturated heterocycles. The number of benzene rings is 2. The van der Waals surface area contributed by atoms with Crippen LogP contribution in [0.4, 0.5) is 11.4 Å². The van der Waals surface area contributed by atoms with Crippen molar-refractivity contribution in [2.24, 2.45) is 0 Å². The highest BCUT2D eigenvalue weighted by Gasteiger charge is 2.21. The summed E-state index contributed by atoms with van der Waals surface area (Å²) in [4.78, 5) is 25.3. The van der Waals surface area contributed by atoms with E-state index in [9.17, 15) is 14.9 Å². The maximum atomic E-state index is 12.7. The maximum Gasteiger partial charge on any atom is 0.270 e. The van der Waals surface area contributed by atoms with E-state index in [2.05, 4.69) is 5.32 Å². The van der Waals surface area contributed by atoms with Gasteiger partial charge in [-0.1, -0.05) is 0 Å². The van der Waals surface area contributed by atoms with Gasteiger partial charge in [0, 0.05) is 25.2 Å². The molecule has 9 heteroatoms. The Morgan fingerprint density at radius 3 is 2.52 bits per heavy atom. The molecule has 1 aliphatic heterocycles. The molecular formula is C20H23N3O6. The van der Waals surface area contributed by atoms with Crippen molar-refractivity contribution in [1.29, 1.82) is 0 Å². The number of anilines is 1. The largest absolute Gasteiger partial charge is 0.497 e. The molecule has 2 aromatic rings. The number of morpholine rings is 1. The van der Waals surface area contributed by atoms with E-state index in [0.717, 1.165) is 5.75 Å². The predicted molar refractivity (Wildman–Crippen MR) is 107 cm³/mol. The van der Waals surface area contributed by atoms with E-state index in [0.29, 0.717) is 37.7 Å². The van der Waals surface area contributed by atoms with Crippen LogP contribution in [-0.2, 0) is 4.74 Å². The minimum Gasteiger partial charge on any atom is -0.497 e. The number of rotatable bonds is 8. The second kappa shape index (κ2) is 9.74. The highest BCUT2D eigenvalue weighted by atomic mass is 16.6. The molecule has 0 atom stereocenters. The summed E-state index contributed by atoms with van der Waals surface area (Å²) >= 11 is 0. The number of carbonyl (C=O) groups excluding carboxylic acids is 1. The van der Waals surface area contributed by atoms with Crippen LogP contribution in [0.5, 0.6) is 11.5 Å². The molecule has 1 amide bonds. The molecule has 1 N–H and O–H groups in total. The third-order valence-corrected chi connectivity index (χ3v) is 4.50. The summed E-state index contributed by atoms with van der Waals surface area (Å²) in [6, 6.07) is 11.5. The fraction of sp³-hybridized carbons (Fsp3) is 0.350. The van der Waals surface area contributed by atoms with Gasteiger partial charge in [-0.05, 0) is 30.3 Å². The molecule has 29 heavy (non-hydrogen) atoms. The van der Waals surface area contributed by atoms with Crippen molar-refractivity contribution in [2.45, 2.75) is 0 Å². The molecule has 0 spiro atoms. The summed E-state index contributed by atoms with van der Waals surface area (Å²) in [6.07, 6.45) is 0. The molecule has 0 radical (unpaired) electrons. The second-order valence-corrected chi connectivity index (χ2v) is 6.34. The van der Waals surface area contributed by atoms with Crippen LogP contribution in [-0.4, -0.2) is 57.4 Å². The third kappa shape index (κ3) is 5.35. The van der Waals surface area contributed by atoms with Crippen LogP contribution in [0.3, 0.4) is 0 Å². The number of nitro benzene ring substituents is 1. The molecule has 0 bridgehead atoms. The Hall–Kier alpha value is -3.33. The minimum absolute atomic E-state index is 0.123. The number of hydrogen-bond acceptors (Lipinski definition) is 7. The zero-order valence-electron chi connectivity index (χ0n) is 16.1. The van der Waals surface area contributed by atoms with Crippen molar-refractivity contribution in [3.8, 4) is 11.5 Å². The zero-order chi connectivity index (χ0) is 20.6. The molecule has 3 rings (SSSR count). The Morgan fingerprint density at radius 1 is 1.17 bits per heavy atom. The lowest BCUT2D eigenvalue weighted by molar-refractivity contribution is -0.384. The summed E-state index contributed by atoms with van der Waals surface area (Å²) in [5.41, 5.74) is 0.805. The van der Waals surface area contributed by atoms with Gasteiger partial charge < -0.3 is 24.4 Å². The molecule has 0 saturated carbocycles. The summed E-state index contributed by atoms with van der Waals surface area (Å²) in [7, 11) is 1.59. The number of ether oxygens (including phenoxy) is 3. The Kier molecular flexibility index (Phi) is 6.85. The molecular weight excluding hydrogens is 378 g/mol. The van der Waals surface area contributed by atoms with E-state index in [1.807, 2.05) is 4.90 Å². The summed E-state index contributed by atoms with van der Waals surface area (Å²) < 4.78 is 16.0. The molecule has 1 heterocycles. The van der Waals surface area contributed by atoms with E-state index in [4.69, 9.17) is 14.2 Å². The van der Waals surface area contributed by atoms with Crippen LogP contribution >= 0.6 is 0 Å². The highest BCUT2D eigenvalue weighted by molar-refractivity contribution is 6.00. The number of nitro groups is 1. The van der Waals surface area contributed by atoms with Gasteiger partial charge in [0.25, 0.3) is 11.6 Å². The summed E-state index contributed by atoms with van der Waals surface area (Å²) in [5, 5.41) is 13.9. The molecule has 0 aliphatic carbocycles. The van der Waals surface area contributed by atoms with Gasteiger partial charge in [0.05, 0.1) is 43.0 Å². The number of nitrogens with one attached hydrogen (secondary N) is 1. The van der Waals surface area contributed by atoms with Crippen LogP contribution in [0.1, 0.15) is 10.4 Å². The Balaban J connectivity index is 1.63. The van der Waals surface area contributed by atoms with E-state index in [-0.39, 0.29) is 30.3 Å². The SMILES string of the molecule is COc1ccc(OCCNC(=O)c2cc([N+](=O)[O-])ccc2N2CCOCC2)cc1. The second-order valence-electron chi connectivity index (χ2n) is 6.34. The van der Waals surface area contributed by atoms with Crippen LogP contribution in [0.2, 0.25) is 0 Å². The summed E-state index contributed by atoms with van der Waals surface area (Å²) in [5.74, 6) is 1.00. The van der Waals surface area contributed by atoms with E-state index in [1.165, 1.54) is 12.1 Å². The van der Waals surface area contributed by atoms with Gasteiger partial charge in [0.2, 0.25) is 0 Å². The van der Waals surface area contributed by atoms with Gasteiger partial charge in [-0.3, -0.25) is 14.9 Å². The van der Waals surface area contributed by atoms with Crippen molar-refractivity contribution in [2.75, 3.05) is 51.5 Å². The number of non-ortho nitro benzene ring substituents is 1. The Morgan fingerprint density at radius 2 is 1.86 bits per heavy atom. The van der Waals surface area contributed by atoms with Crippen molar-refractivity contribution in [1.82, 2.24) is 5.32 Å². The highest BCUT2D eigenvalue weighted by Crippen LogP contribution is 2.26. The number of amides is 1. The van der Waals surface area contributed by atoms with Gasteiger partial charge in [-0.2, -0.15) is 0 Å². The first-order chi connectivity index (χ1) is 14.1. The van der Waals surface area contributed by atoms with Crippen molar-refractivity contribution < 1.29 is 23.9 Å². The molecule has 1 aliphatic rings. The fourth-order valence-corrected chi connectivity index (χ4v) is 3.00. The summed E-state index contributed by atoms with van der Waals surface area (Å²) in [6.45, 7) is 2.87. The smallest absolute Gasteiger partial charge is 0.270 e. The maximum absolute atomic E-state index is 12.7. The quantitative estimate of drug-likeness (QED) is 0.411. The molecule has 0 unspecified atom stereocenters. The Labute approximate surface area is 168 Å². The number of hydrogen-bond donors (Lipinski definition) is 1. The average Bonchev–Trinajstić information content (AvgIpc) is 2.77. The first-order valence-electron chi connectivity index (χ1n) is 9.24. The van der Waals surface area contributed by atoms with Crippen LogP contribution in [0, 0.1) is 10.1 Å². The van der Waals surface area contributed by atoms with Crippen LogP contribution in [0.25, 0.3) is 0 Å². The van der Waals surface area contributed by atoms with Crippen molar-refractivity contribution in [3.63, 3.8) is 0 Å². The first-order valence-corrected chi connectivity index (χ1v) is 9.24. The first kappa shape index (κ1) is 20.4. The van der Waals surface area contributed by atoms with Gasteiger partial charge in [0.15, 0.2) is 0 Å². The predicted octanol–water partition coefficient (Wildman–Crippen LogP) is 2.25. The topological polar surface area (TPSA) is 103 Å². The molecule has 0 aromatic heterocycles. The number of nitrogens with zero attached hydrogens (tertiary/aromatic N) is 2. The standard InChI is InChI=1S/C20H23N3O6/c1-27-16-3-5-17(6-4-16)29-11-8-21-20(24)18-14-15(23(25)26)2-7-19(18)22-9-12-28-13-10-22/h2-7,14H,8-13H2,1H3,(H,21,24). The monoisotopic (exact) mass is 401 g/mol. The number of methoxy groups -OCH3 is 1. The molecule has 2 aromatic carbocycles.